The number of rotatable bonds is 11. The van der Waals surface area contributed by atoms with Crippen LogP contribution in [0.3, 0.4) is 0 Å². The highest BCUT2D eigenvalue weighted by Crippen LogP contribution is 2.28. The average Bonchev–Trinajstić information content (AvgIpc) is 2.86. The lowest BCUT2D eigenvalue weighted by Gasteiger charge is -2.12. The van der Waals surface area contributed by atoms with Crippen LogP contribution in [-0.4, -0.2) is 37.8 Å². The number of carbonyl (C=O) groups is 2. The lowest BCUT2D eigenvalue weighted by molar-refractivity contribution is -0.118. The van der Waals surface area contributed by atoms with Gasteiger partial charge in [0.2, 0.25) is 0 Å². The van der Waals surface area contributed by atoms with Crippen molar-refractivity contribution in [3.63, 3.8) is 0 Å². The average molecular weight is 530 g/mol. The van der Waals surface area contributed by atoms with Crippen molar-refractivity contribution < 1.29 is 23.8 Å². The maximum absolute atomic E-state index is 12.6. The van der Waals surface area contributed by atoms with E-state index < -0.39 is 5.91 Å². The quantitative estimate of drug-likeness (QED) is 0.250. The molecule has 0 bridgehead atoms. The van der Waals surface area contributed by atoms with Gasteiger partial charge in [-0.05, 0) is 74.5 Å². The summed E-state index contributed by atoms with van der Waals surface area (Å²) >= 11 is 12.0. The fourth-order valence-corrected chi connectivity index (χ4v) is 3.35. The number of nitrogens with one attached hydrogen (secondary N) is 2. The van der Waals surface area contributed by atoms with Crippen molar-refractivity contribution in [3.8, 4) is 17.2 Å². The Morgan fingerprint density at radius 2 is 1.50 bits per heavy atom. The number of halogens is 2. The van der Waals surface area contributed by atoms with E-state index in [1.165, 1.54) is 6.21 Å². The van der Waals surface area contributed by atoms with Crippen LogP contribution in [0.4, 0.5) is 5.69 Å². The van der Waals surface area contributed by atoms with Crippen molar-refractivity contribution in [2.24, 2.45) is 5.10 Å². The molecule has 3 aromatic carbocycles. The van der Waals surface area contributed by atoms with Crippen LogP contribution in [0.15, 0.2) is 65.8 Å². The van der Waals surface area contributed by atoms with Crippen molar-refractivity contribution in [1.29, 1.82) is 0 Å². The molecule has 0 radical (unpaired) electrons. The summed E-state index contributed by atoms with van der Waals surface area (Å²) in [7, 11) is 0. The third kappa shape index (κ3) is 7.90. The second-order valence-corrected chi connectivity index (χ2v) is 8.13. The van der Waals surface area contributed by atoms with Gasteiger partial charge in [0.25, 0.3) is 11.8 Å². The summed E-state index contributed by atoms with van der Waals surface area (Å²) in [5, 5.41) is 7.73. The number of hydrazone groups is 1. The topological polar surface area (TPSA) is 98.3 Å². The summed E-state index contributed by atoms with van der Waals surface area (Å²) in [6.45, 7) is 4.37. The van der Waals surface area contributed by atoms with Gasteiger partial charge in [-0.15, -0.1) is 0 Å². The minimum Gasteiger partial charge on any atom is -0.490 e. The van der Waals surface area contributed by atoms with Gasteiger partial charge in [-0.2, -0.15) is 5.10 Å². The van der Waals surface area contributed by atoms with E-state index in [0.717, 1.165) is 0 Å². The van der Waals surface area contributed by atoms with E-state index in [1.807, 2.05) is 13.8 Å². The number of hydrogen-bond acceptors (Lipinski definition) is 6. The Bertz CT molecular complexity index is 1230. The van der Waals surface area contributed by atoms with Gasteiger partial charge in [0.05, 0.1) is 19.4 Å². The van der Waals surface area contributed by atoms with Crippen molar-refractivity contribution in [2.45, 2.75) is 13.8 Å². The van der Waals surface area contributed by atoms with E-state index in [4.69, 9.17) is 37.4 Å². The predicted molar refractivity (Wildman–Crippen MR) is 141 cm³/mol. The molecule has 188 valence electrons. The highest BCUT2D eigenvalue weighted by molar-refractivity contribution is 6.31. The van der Waals surface area contributed by atoms with Gasteiger partial charge in [0.15, 0.2) is 18.1 Å². The molecule has 0 fully saturated rings. The standard InChI is InChI=1S/C26H25Cl2N3O5/c1-3-34-23-11-5-17(14-24(23)35-4-2)26(33)31-29-15-18-13-20(28)8-12-22(18)36-16-25(32)30-21-9-6-19(27)7-10-21/h5-15H,3-4,16H2,1-2H3,(H,30,32)(H,31,33)/b29-15+. The first kappa shape index (κ1) is 26.8. The van der Waals surface area contributed by atoms with Crippen LogP contribution in [0.1, 0.15) is 29.8 Å². The highest BCUT2D eigenvalue weighted by atomic mass is 35.5. The van der Waals surface area contributed by atoms with Gasteiger partial charge < -0.3 is 19.5 Å². The first-order valence-electron chi connectivity index (χ1n) is 11.1. The smallest absolute Gasteiger partial charge is 0.271 e. The van der Waals surface area contributed by atoms with Crippen LogP contribution in [0.2, 0.25) is 10.0 Å². The minimum absolute atomic E-state index is 0.246. The summed E-state index contributed by atoms with van der Waals surface area (Å²) < 4.78 is 16.7. The number of ether oxygens (including phenoxy) is 3. The summed E-state index contributed by atoms with van der Waals surface area (Å²) in [6.07, 6.45) is 1.38. The first-order valence-corrected chi connectivity index (χ1v) is 11.9. The van der Waals surface area contributed by atoms with Crippen LogP contribution in [-0.2, 0) is 4.79 Å². The maximum Gasteiger partial charge on any atom is 0.271 e. The molecule has 10 heteroatoms. The number of nitrogens with zero attached hydrogens (tertiary/aromatic N) is 1. The summed E-state index contributed by atoms with van der Waals surface area (Å²) in [5.74, 6) is 0.591. The molecule has 0 spiro atoms. The number of benzene rings is 3. The Balaban J connectivity index is 1.64. The van der Waals surface area contributed by atoms with Gasteiger partial charge in [-0.1, -0.05) is 23.2 Å². The molecule has 0 saturated heterocycles. The van der Waals surface area contributed by atoms with Crippen LogP contribution < -0.4 is 25.0 Å². The Labute approximate surface area is 219 Å². The summed E-state index contributed by atoms with van der Waals surface area (Å²) in [6, 6.07) is 16.4. The Kier molecular flexibility index (Phi) is 9.97. The Morgan fingerprint density at radius 3 is 2.22 bits per heavy atom. The number of carbonyl (C=O) groups excluding carboxylic acids is 2. The zero-order chi connectivity index (χ0) is 25.9. The Morgan fingerprint density at radius 1 is 0.833 bits per heavy atom. The second-order valence-electron chi connectivity index (χ2n) is 7.25. The zero-order valence-corrected chi connectivity index (χ0v) is 21.2. The zero-order valence-electron chi connectivity index (χ0n) is 19.7. The van der Waals surface area contributed by atoms with Crippen LogP contribution in [0, 0.1) is 0 Å². The lowest BCUT2D eigenvalue weighted by Crippen LogP contribution is -2.20. The lowest BCUT2D eigenvalue weighted by atomic mass is 10.2. The van der Waals surface area contributed by atoms with Crippen LogP contribution >= 0.6 is 23.2 Å². The van der Waals surface area contributed by atoms with Crippen molar-refractivity contribution in [1.82, 2.24) is 5.43 Å². The van der Waals surface area contributed by atoms with Crippen molar-refractivity contribution in [3.05, 3.63) is 81.8 Å². The van der Waals surface area contributed by atoms with E-state index in [2.05, 4.69) is 15.8 Å². The molecular weight excluding hydrogens is 505 g/mol. The number of amides is 2. The van der Waals surface area contributed by atoms with E-state index in [-0.39, 0.29) is 12.5 Å². The third-order valence-corrected chi connectivity index (χ3v) is 5.12. The predicted octanol–water partition coefficient (Wildman–Crippen LogP) is 5.57. The molecule has 0 heterocycles. The maximum atomic E-state index is 12.6. The molecule has 0 aliphatic heterocycles. The van der Waals surface area contributed by atoms with Crippen molar-refractivity contribution in [2.75, 3.05) is 25.1 Å². The minimum atomic E-state index is -0.443. The van der Waals surface area contributed by atoms with Gasteiger partial charge in [-0.3, -0.25) is 9.59 Å². The van der Waals surface area contributed by atoms with Gasteiger partial charge >= 0.3 is 0 Å². The fourth-order valence-electron chi connectivity index (χ4n) is 3.04. The third-order valence-electron chi connectivity index (χ3n) is 4.63. The molecule has 0 aliphatic carbocycles. The van der Waals surface area contributed by atoms with Gasteiger partial charge in [0.1, 0.15) is 5.75 Å². The monoisotopic (exact) mass is 529 g/mol. The first-order chi connectivity index (χ1) is 17.4. The molecule has 2 N–H and O–H groups in total. The molecule has 0 aromatic heterocycles. The molecule has 8 nitrogen and oxygen atoms in total. The fraction of sp³-hybridized carbons (Fsp3) is 0.192. The van der Waals surface area contributed by atoms with E-state index in [1.54, 1.807) is 60.7 Å². The normalized spacial score (nSPS) is 10.7. The molecule has 0 aliphatic rings. The SMILES string of the molecule is CCOc1ccc(C(=O)N/N=C/c2cc(Cl)ccc2OCC(=O)Nc2ccc(Cl)cc2)cc1OCC. The molecule has 3 rings (SSSR count). The largest absolute Gasteiger partial charge is 0.490 e. The Hall–Kier alpha value is -3.75. The molecule has 2 amide bonds. The summed E-state index contributed by atoms with van der Waals surface area (Å²) in [4.78, 5) is 24.8. The van der Waals surface area contributed by atoms with E-state index in [0.29, 0.717) is 57.3 Å². The van der Waals surface area contributed by atoms with Gasteiger partial charge in [-0.25, -0.2) is 5.43 Å². The van der Waals surface area contributed by atoms with Crippen LogP contribution in [0.5, 0.6) is 17.2 Å². The van der Waals surface area contributed by atoms with Crippen molar-refractivity contribution >= 4 is 46.9 Å². The number of anilines is 1. The molecule has 36 heavy (non-hydrogen) atoms. The molecule has 0 unspecified atom stereocenters. The second kappa shape index (κ2) is 13.4. The number of hydrogen-bond donors (Lipinski definition) is 2. The molecule has 3 aromatic rings. The van der Waals surface area contributed by atoms with Crippen LogP contribution in [0.25, 0.3) is 0 Å². The van der Waals surface area contributed by atoms with Gasteiger partial charge in [0, 0.05) is 26.9 Å². The molecule has 0 atom stereocenters. The molecular formula is C26H25Cl2N3O5. The van der Waals surface area contributed by atoms with E-state index >= 15 is 0 Å². The summed E-state index contributed by atoms with van der Waals surface area (Å²) in [5.41, 5.74) is 3.88. The van der Waals surface area contributed by atoms with E-state index in [9.17, 15) is 9.59 Å². The highest BCUT2D eigenvalue weighted by Gasteiger charge is 2.12. The molecule has 0 saturated carbocycles.